The van der Waals surface area contributed by atoms with Gasteiger partial charge in [0, 0.05) is 28.5 Å². The molecule has 0 saturated carbocycles. The normalized spacial score (nSPS) is 13.8. The van der Waals surface area contributed by atoms with Gasteiger partial charge in [0.2, 0.25) is 0 Å². The zero-order valence-corrected chi connectivity index (χ0v) is 19.0. The van der Waals surface area contributed by atoms with Crippen molar-refractivity contribution in [2.24, 2.45) is 0 Å². The maximum atomic E-state index is 6.53. The average molecular weight is 449 g/mol. The maximum Gasteiger partial charge on any atom is 0.120 e. The minimum absolute atomic E-state index is 0.580. The Morgan fingerprint density at radius 3 is 2.61 bits per heavy atom. The predicted octanol–water partition coefficient (Wildman–Crippen LogP) is 6.98. The number of aromatic nitrogens is 3. The van der Waals surface area contributed by atoms with Crippen LogP contribution in [0.5, 0.6) is 0 Å². The van der Waals surface area contributed by atoms with E-state index in [4.69, 9.17) is 33.3 Å². The van der Waals surface area contributed by atoms with Gasteiger partial charge in [-0.3, -0.25) is 4.68 Å². The number of nitrogens with zero attached hydrogens (tertiary/aromatic N) is 4. The fourth-order valence-electron chi connectivity index (χ4n) is 4.27. The summed E-state index contributed by atoms with van der Waals surface area (Å²) in [6, 6.07) is 18.2. The third-order valence-corrected chi connectivity index (χ3v) is 6.12. The van der Waals surface area contributed by atoms with Crippen LogP contribution in [0.15, 0.2) is 60.7 Å². The second-order valence-electron chi connectivity index (χ2n) is 7.69. The van der Waals surface area contributed by atoms with Crippen molar-refractivity contribution < 1.29 is 0 Å². The molecule has 0 fully saturated rings. The zero-order valence-electron chi connectivity index (χ0n) is 17.4. The van der Waals surface area contributed by atoms with Gasteiger partial charge >= 0.3 is 0 Å². The van der Waals surface area contributed by atoms with Gasteiger partial charge in [-0.25, -0.2) is 4.98 Å². The Bertz CT molecular complexity index is 1310. The van der Waals surface area contributed by atoms with Crippen LogP contribution < -0.4 is 4.90 Å². The van der Waals surface area contributed by atoms with E-state index in [1.54, 1.807) is 6.07 Å². The van der Waals surface area contributed by atoms with Gasteiger partial charge in [-0.2, -0.15) is 5.10 Å². The lowest BCUT2D eigenvalue weighted by atomic mass is 10.1. The van der Waals surface area contributed by atoms with Crippen molar-refractivity contribution in [1.29, 1.82) is 0 Å². The monoisotopic (exact) mass is 448 g/mol. The summed E-state index contributed by atoms with van der Waals surface area (Å²) in [6.07, 6.45) is 3.25. The number of benzene rings is 2. The molecule has 0 saturated heterocycles. The number of anilines is 1. The number of hydrogen-bond acceptors (Lipinski definition) is 3. The van der Waals surface area contributed by atoms with Crippen molar-refractivity contribution in [3.8, 4) is 11.3 Å². The quantitative estimate of drug-likeness (QED) is 0.337. The molecular weight excluding hydrogens is 427 g/mol. The number of aryl methyl sites for hydroxylation is 1. The molecule has 0 unspecified atom stereocenters. The lowest BCUT2D eigenvalue weighted by Crippen LogP contribution is -2.30. The molecule has 6 heteroatoms. The Balaban J connectivity index is 1.73. The summed E-state index contributed by atoms with van der Waals surface area (Å²) < 4.78 is 2.06. The van der Waals surface area contributed by atoms with Gasteiger partial charge in [-0.15, -0.1) is 0 Å². The molecule has 0 amide bonds. The van der Waals surface area contributed by atoms with Gasteiger partial charge in [-0.1, -0.05) is 66.5 Å². The minimum Gasteiger partial charge on any atom is -0.338 e. The van der Waals surface area contributed by atoms with E-state index in [1.807, 2.05) is 19.1 Å². The Kier molecular flexibility index (Phi) is 5.20. The van der Waals surface area contributed by atoms with Crippen LogP contribution in [-0.2, 0) is 6.54 Å². The molecule has 31 heavy (non-hydrogen) atoms. The highest BCUT2D eigenvalue weighted by molar-refractivity contribution is 6.36. The van der Waals surface area contributed by atoms with E-state index in [1.165, 1.54) is 11.3 Å². The van der Waals surface area contributed by atoms with E-state index in [0.717, 1.165) is 53.2 Å². The van der Waals surface area contributed by atoms with E-state index < -0.39 is 0 Å². The minimum atomic E-state index is 0.580. The summed E-state index contributed by atoms with van der Waals surface area (Å²) in [5, 5.41) is 6.10. The largest absolute Gasteiger partial charge is 0.338 e. The number of rotatable bonds is 4. The van der Waals surface area contributed by atoms with Gasteiger partial charge in [-0.05, 0) is 43.2 Å². The maximum absolute atomic E-state index is 6.53. The Morgan fingerprint density at radius 2 is 1.87 bits per heavy atom. The summed E-state index contributed by atoms with van der Waals surface area (Å²) in [5.74, 6) is 0. The lowest BCUT2D eigenvalue weighted by molar-refractivity contribution is 0.625. The fraction of sp³-hybridized carbons (Fsp3) is 0.200. The number of pyridine rings is 1. The smallest absolute Gasteiger partial charge is 0.120 e. The molecule has 2 aromatic heterocycles. The zero-order chi connectivity index (χ0) is 21.5. The van der Waals surface area contributed by atoms with Crippen LogP contribution >= 0.6 is 23.2 Å². The van der Waals surface area contributed by atoms with Crippen molar-refractivity contribution in [3.05, 3.63) is 82.0 Å². The highest BCUT2D eigenvalue weighted by atomic mass is 35.5. The van der Waals surface area contributed by atoms with Crippen LogP contribution in [0, 0.1) is 6.92 Å². The molecule has 0 N–H and O–H groups in total. The summed E-state index contributed by atoms with van der Waals surface area (Å²) in [7, 11) is 0. The highest BCUT2D eigenvalue weighted by Crippen LogP contribution is 2.40. The molecule has 4 aromatic rings. The number of allylic oxidation sites excluding steroid dienone is 1. The molecule has 0 spiro atoms. The standard InChI is InChI=1S/C25H22Cl2N4/c1-3-7-21(17-8-5-4-6-9-17)30-12-13-31-25-22(30)14-16(2)28-24(25)23(29-31)19-11-10-18(26)15-20(19)27/h4-11,14-15H,3,12-13H2,1-2H3/b21-7+. The van der Waals surface area contributed by atoms with Crippen molar-refractivity contribution in [3.63, 3.8) is 0 Å². The first-order valence-corrected chi connectivity index (χ1v) is 11.2. The van der Waals surface area contributed by atoms with Gasteiger partial charge in [0.15, 0.2) is 0 Å². The molecule has 1 aliphatic heterocycles. The topological polar surface area (TPSA) is 34.0 Å². The molecule has 0 bridgehead atoms. The molecule has 4 nitrogen and oxygen atoms in total. The number of halogens is 2. The first-order chi connectivity index (χ1) is 15.1. The van der Waals surface area contributed by atoms with Gasteiger partial charge in [0.25, 0.3) is 0 Å². The van der Waals surface area contributed by atoms with Crippen molar-refractivity contribution >= 4 is 45.6 Å². The summed E-state index contributed by atoms with van der Waals surface area (Å²) in [6.45, 7) is 5.80. The SMILES string of the molecule is CC/C=C(\c1ccccc1)N1CCn2nc(-c3ccc(Cl)cc3Cl)c3nc(C)cc1c32. The van der Waals surface area contributed by atoms with E-state index in [-0.39, 0.29) is 0 Å². The summed E-state index contributed by atoms with van der Waals surface area (Å²) >= 11 is 12.7. The number of hydrogen-bond donors (Lipinski definition) is 0. The first kappa shape index (κ1) is 20.1. The predicted molar refractivity (Wildman–Crippen MR) is 130 cm³/mol. The molecule has 1 aliphatic rings. The van der Waals surface area contributed by atoms with Crippen LogP contribution in [-0.4, -0.2) is 21.3 Å². The summed E-state index contributed by atoms with van der Waals surface area (Å²) in [4.78, 5) is 7.26. The van der Waals surface area contributed by atoms with Crippen LogP contribution in [0.25, 0.3) is 28.0 Å². The highest BCUT2D eigenvalue weighted by Gasteiger charge is 2.27. The second kappa shape index (κ2) is 8.03. The van der Waals surface area contributed by atoms with Crippen molar-refractivity contribution in [2.45, 2.75) is 26.8 Å². The van der Waals surface area contributed by atoms with Gasteiger partial charge in [0.05, 0.1) is 17.3 Å². The van der Waals surface area contributed by atoms with Crippen molar-refractivity contribution in [1.82, 2.24) is 14.8 Å². The van der Waals surface area contributed by atoms with E-state index in [2.05, 4.69) is 59.0 Å². The molecule has 0 atom stereocenters. The Hall–Kier alpha value is -2.82. The third-order valence-electron chi connectivity index (χ3n) is 5.57. The van der Waals surface area contributed by atoms with E-state index in [0.29, 0.717) is 10.0 Å². The van der Waals surface area contributed by atoms with Gasteiger partial charge < -0.3 is 4.90 Å². The first-order valence-electron chi connectivity index (χ1n) is 10.4. The molecule has 0 radical (unpaired) electrons. The van der Waals surface area contributed by atoms with E-state index in [9.17, 15) is 0 Å². The van der Waals surface area contributed by atoms with Crippen LogP contribution in [0.3, 0.4) is 0 Å². The third kappa shape index (κ3) is 3.50. The Labute approximate surface area is 191 Å². The average Bonchev–Trinajstić information content (AvgIpc) is 3.12. The molecule has 0 aliphatic carbocycles. The molecule has 5 rings (SSSR count). The van der Waals surface area contributed by atoms with E-state index >= 15 is 0 Å². The molecular formula is C25H22Cl2N4. The molecule has 3 heterocycles. The molecule has 2 aromatic carbocycles. The second-order valence-corrected chi connectivity index (χ2v) is 8.53. The van der Waals surface area contributed by atoms with Gasteiger partial charge in [0.1, 0.15) is 16.7 Å². The van der Waals surface area contributed by atoms with Crippen LogP contribution in [0.4, 0.5) is 5.69 Å². The van der Waals surface area contributed by atoms with Crippen LogP contribution in [0.2, 0.25) is 10.0 Å². The summed E-state index contributed by atoms with van der Waals surface area (Å²) in [5.41, 5.74) is 8.05. The fourth-order valence-corrected chi connectivity index (χ4v) is 4.77. The lowest BCUT2D eigenvalue weighted by Gasteiger charge is -2.32. The Morgan fingerprint density at radius 1 is 1.06 bits per heavy atom. The molecule has 156 valence electrons. The van der Waals surface area contributed by atoms with Crippen molar-refractivity contribution in [2.75, 3.05) is 11.4 Å². The van der Waals surface area contributed by atoms with Crippen LogP contribution in [0.1, 0.15) is 24.6 Å².